The van der Waals surface area contributed by atoms with E-state index in [0.717, 1.165) is 55.4 Å². The first kappa shape index (κ1) is 25.3. The predicted octanol–water partition coefficient (Wildman–Crippen LogP) is 2.89. The van der Waals surface area contributed by atoms with Crippen molar-refractivity contribution in [2.24, 2.45) is 5.41 Å². The summed E-state index contributed by atoms with van der Waals surface area (Å²) in [5.74, 6) is 1.69. The molecule has 4 rings (SSSR count). The Morgan fingerprint density at radius 3 is 2.69 bits per heavy atom. The molecule has 0 spiro atoms. The molecule has 1 atom stereocenters. The van der Waals surface area contributed by atoms with E-state index in [9.17, 15) is 9.90 Å². The quantitative estimate of drug-likeness (QED) is 0.558. The lowest BCUT2D eigenvalue weighted by atomic mass is 9.92. The molecule has 1 fully saturated rings. The van der Waals surface area contributed by atoms with Gasteiger partial charge in [-0.2, -0.15) is 0 Å². The maximum absolute atomic E-state index is 11.8. The van der Waals surface area contributed by atoms with Crippen LogP contribution in [-0.4, -0.2) is 78.0 Å². The van der Waals surface area contributed by atoms with Crippen molar-refractivity contribution in [1.82, 2.24) is 20.2 Å². The van der Waals surface area contributed by atoms with Crippen molar-refractivity contribution in [2.45, 2.75) is 46.7 Å². The number of fused-ring (bicyclic) bond motifs is 1. The number of carbonyl (C=O) groups excluding carboxylic acids is 1. The number of benzene rings is 1. The lowest BCUT2D eigenvalue weighted by molar-refractivity contribution is 0.0939. The molecule has 2 aromatic rings. The number of anilines is 2. The van der Waals surface area contributed by atoms with Gasteiger partial charge in [0.25, 0.3) is 0 Å². The van der Waals surface area contributed by atoms with Crippen LogP contribution in [0.2, 0.25) is 0 Å². The molecule has 0 radical (unpaired) electrons. The number of urea groups is 1. The number of aliphatic hydroxyl groups excluding tert-OH is 1. The molecule has 1 aromatic heterocycles. The lowest BCUT2D eigenvalue weighted by Crippen LogP contribution is -2.46. The van der Waals surface area contributed by atoms with Crippen molar-refractivity contribution in [3.8, 4) is 11.4 Å². The molecule has 35 heavy (non-hydrogen) atoms. The molecule has 0 bridgehead atoms. The van der Waals surface area contributed by atoms with Crippen LogP contribution in [0.4, 0.5) is 16.3 Å². The molecule has 3 heterocycles. The number of hydrogen-bond acceptors (Lipinski definition) is 7. The Bertz CT molecular complexity index is 1030. The molecular formula is C26H38N6O3. The standard InChI is InChI=1S/C26H38N6O3/c1-5-27-25(34)28-20-8-6-19(7-9-20)23-29-22-14-31(16-26(3,4)17-33)11-10-21(22)24(30-23)32-12-13-35-15-18(32)2/h6-9,18,33H,5,10-17H2,1-4H3,(H2,27,28,34). The highest BCUT2D eigenvalue weighted by molar-refractivity contribution is 5.89. The molecule has 0 saturated carbocycles. The molecule has 1 saturated heterocycles. The number of aromatic nitrogens is 2. The molecule has 3 N–H and O–H groups in total. The van der Waals surface area contributed by atoms with Crippen molar-refractivity contribution in [3.63, 3.8) is 0 Å². The van der Waals surface area contributed by atoms with E-state index in [-0.39, 0.29) is 24.1 Å². The van der Waals surface area contributed by atoms with Crippen molar-refractivity contribution in [1.29, 1.82) is 0 Å². The summed E-state index contributed by atoms with van der Waals surface area (Å²) in [5, 5.41) is 15.3. The summed E-state index contributed by atoms with van der Waals surface area (Å²) in [7, 11) is 0. The Hall–Kier alpha value is -2.75. The fourth-order valence-electron chi connectivity index (χ4n) is 4.70. The zero-order chi connectivity index (χ0) is 25.0. The first-order valence-electron chi connectivity index (χ1n) is 12.5. The zero-order valence-electron chi connectivity index (χ0n) is 21.3. The number of amides is 2. The molecule has 9 nitrogen and oxygen atoms in total. The monoisotopic (exact) mass is 482 g/mol. The topological polar surface area (TPSA) is 103 Å². The minimum absolute atomic E-state index is 0.151. The van der Waals surface area contributed by atoms with Crippen LogP contribution in [0.3, 0.4) is 0 Å². The van der Waals surface area contributed by atoms with Crippen LogP contribution < -0.4 is 15.5 Å². The number of nitrogens with one attached hydrogen (secondary N) is 2. The van der Waals surface area contributed by atoms with Crippen LogP contribution in [0.1, 0.15) is 39.0 Å². The maximum Gasteiger partial charge on any atom is 0.319 e. The second-order valence-corrected chi connectivity index (χ2v) is 10.3. The van der Waals surface area contributed by atoms with Crippen molar-refractivity contribution in [3.05, 3.63) is 35.5 Å². The average Bonchev–Trinajstić information content (AvgIpc) is 2.84. The van der Waals surface area contributed by atoms with Gasteiger partial charge in [-0.3, -0.25) is 4.90 Å². The highest BCUT2D eigenvalue weighted by atomic mass is 16.5. The van der Waals surface area contributed by atoms with Gasteiger partial charge in [0, 0.05) is 61.6 Å². The molecule has 1 aromatic carbocycles. The Balaban J connectivity index is 1.66. The van der Waals surface area contributed by atoms with Crippen molar-refractivity contribution >= 4 is 17.5 Å². The van der Waals surface area contributed by atoms with Crippen molar-refractivity contribution in [2.75, 3.05) is 56.2 Å². The van der Waals surface area contributed by atoms with Gasteiger partial charge in [-0.15, -0.1) is 0 Å². The fraction of sp³-hybridized carbons (Fsp3) is 0.577. The number of ether oxygens (including phenoxy) is 1. The van der Waals surface area contributed by atoms with E-state index >= 15 is 0 Å². The van der Waals surface area contributed by atoms with Gasteiger partial charge in [-0.25, -0.2) is 14.8 Å². The van der Waals surface area contributed by atoms with Gasteiger partial charge in [0.2, 0.25) is 0 Å². The lowest BCUT2D eigenvalue weighted by Gasteiger charge is -2.39. The largest absolute Gasteiger partial charge is 0.396 e. The second kappa shape index (κ2) is 10.9. The number of morpholine rings is 1. The van der Waals surface area contributed by atoms with E-state index in [1.165, 1.54) is 5.56 Å². The summed E-state index contributed by atoms with van der Waals surface area (Å²) in [5.41, 5.74) is 3.73. The summed E-state index contributed by atoms with van der Waals surface area (Å²) in [4.78, 5) is 26.7. The van der Waals surface area contributed by atoms with Crippen LogP contribution in [0.15, 0.2) is 24.3 Å². The van der Waals surface area contributed by atoms with Gasteiger partial charge in [-0.1, -0.05) is 13.8 Å². The molecular weight excluding hydrogens is 444 g/mol. The number of aliphatic hydroxyl groups is 1. The van der Waals surface area contributed by atoms with Crippen LogP contribution in [0, 0.1) is 5.41 Å². The maximum atomic E-state index is 11.8. The van der Waals surface area contributed by atoms with Gasteiger partial charge < -0.3 is 25.4 Å². The normalized spacial score (nSPS) is 18.8. The molecule has 0 aliphatic carbocycles. The Morgan fingerprint density at radius 1 is 1.23 bits per heavy atom. The van der Waals surface area contributed by atoms with E-state index in [1.54, 1.807) is 0 Å². The number of nitrogens with zero attached hydrogens (tertiary/aromatic N) is 4. The molecule has 1 unspecified atom stereocenters. The first-order chi connectivity index (χ1) is 16.8. The zero-order valence-corrected chi connectivity index (χ0v) is 21.3. The van der Waals surface area contributed by atoms with E-state index in [4.69, 9.17) is 14.7 Å². The number of carbonyl (C=O) groups is 1. The minimum Gasteiger partial charge on any atom is -0.396 e. The SMILES string of the molecule is CCNC(=O)Nc1ccc(-c2nc3c(c(N4CCOCC4C)n2)CCN(CC(C)(C)CO)C3)cc1. The van der Waals surface area contributed by atoms with E-state index in [0.29, 0.717) is 25.6 Å². The fourth-order valence-corrected chi connectivity index (χ4v) is 4.70. The van der Waals surface area contributed by atoms with Crippen LogP contribution in [0.25, 0.3) is 11.4 Å². The van der Waals surface area contributed by atoms with Crippen LogP contribution >= 0.6 is 0 Å². The average molecular weight is 483 g/mol. The van der Waals surface area contributed by atoms with Gasteiger partial charge in [0.1, 0.15) is 5.82 Å². The number of rotatable bonds is 7. The second-order valence-electron chi connectivity index (χ2n) is 10.3. The van der Waals surface area contributed by atoms with Gasteiger partial charge >= 0.3 is 6.03 Å². The highest BCUT2D eigenvalue weighted by Crippen LogP contribution is 2.32. The predicted molar refractivity (Wildman–Crippen MR) is 138 cm³/mol. The molecule has 9 heteroatoms. The molecule has 2 amide bonds. The summed E-state index contributed by atoms with van der Waals surface area (Å²) in [6, 6.07) is 7.67. The van der Waals surface area contributed by atoms with Gasteiger partial charge in [-0.05, 0) is 44.5 Å². The van der Waals surface area contributed by atoms with E-state index < -0.39 is 0 Å². The summed E-state index contributed by atoms with van der Waals surface area (Å²) in [6.45, 7) is 13.6. The first-order valence-corrected chi connectivity index (χ1v) is 12.5. The van der Waals surface area contributed by atoms with Gasteiger partial charge in [0.05, 0.1) is 24.9 Å². The summed E-state index contributed by atoms with van der Waals surface area (Å²) < 4.78 is 5.68. The molecule has 2 aliphatic heterocycles. The smallest absolute Gasteiger partial charge is 0.319 e. The third kappa shape index (κ3) is 6.09. The van der Waals surface area contributed by atoms with Crippen molar-refractivity contribution < 1.29 is 14.6 Å². The third-order valence-electron chi connectivity index (χ3n) is 6.58. The van der Waals surface area contributed by atoms with Crippen LogP contribution in [0.5, 0.6) is 0 Å². The molecule has 2 aliphatic rings. The number of hydrogen-bond donors (Lipinski definition) is 3. The minimum atomic E-state index is -0.222. The van der Waals surface area contributed by atoms with E-state index in [2.05, 4.69) is 41.2 Å². The summed E-state index contributed by atoms with van der Waals surface area (Å²) in [6.07, 6.45) is 0.881. The Kier molecular flexibility index (Phi) is 7.88. The highest BCUT2D eigenvalue weighted by Gasteiger charge is 2.30. The Labute approximate surface area is 207 Å². The summed E-state index contributed by atoms with van der Waals surface area (Å²) >= 11 is 0. The molecule has 190 valence electrons. The van der Waals surface area contributed by atoms with Gasteiger partial charge in [0.15, 0.2) is 5.82 Å². The third-order valence-corrected chi connectivity index (χ3v) is 6.58. The Morgan fingerprint density at radius 2 is 2.00 bits per heavy atom. The van der Waals surface area contributed by atoms with Crippen LogP contribution in [-0.2, 0) is 17.7 Å². The van der Waals surface area contributed by atoms with E-state index in [1.807, 2.05) is 31.2 Å².